The van der Waals surface area contributed by atoms with Gasteiger partial charge in [0, 0.05) is 18.8 Å². The number of nitrogens with two attached hydrogens (primary N) is 1. The number of hydrogen-bond donors (Lipinski definition) is 1. The van der Waals surface area contributed by atoms with Crippen molar-refractivity contribution in [1.29, 1.82) is 0 Å². The lowest BCUT2D eigenvalue weighted by molar-refractivity contribution is 0.407. The Morgan fingerprint density at radius 3 is 2.38 bits per heavy atom. The number of hydrogen-bond acceptors (Lipinski definition) is 3. The monoisotopic (exact) mass is 310 g/mol. The van der Waals surface area contributed by atoms with Gasteiger partial charge in [0.25, 0.3) is 0 Å². The van der Waals surface area contributed by atoms with Gasteiger partial charge in [-0.3, -0.25) is 0 Å². The molecular formula is C16H26N2O2S. The van der Waals surface area contributed by atoms with Crippen molar-refractivity contribution >= 4 is 15.7 Å². The smallest absolute Gasteiger partial charge is 0.243 e. The van der Waals surface area contributed by atoms with Crippen LogP contribution in [-0.2, 0) is 10.0 Å². The summed E-state index contributed by atoms with van der Waals surface area (Å²) in [7, 11) is -3.42. The van der Waals surface area contributed by atoms with Crippen LogP contribution in [0.4, 0.5) is 5.69 Å². The number of aryl methyl sites for hydroxylation is 2. The zero-order chi connectivity index (χ0) is 15.6. The van der Waals surface area contributed by atoms with Gasteiger partial charge < -0.3 is 5.73 Å². The molecule has 1 heterocycles. The molecule has 1 atom stereocenters. The molecule has 118 valence electrons. The molecule has 0 bridgehead atoms. The fraction of sp³-hybridized carbons (Fsp3) is 0.625. The van der Waals surface area contributed by atoms with Gasteiger partial charge in [-0.1, -0.05) is 13.3 Å². The van der Waals surface area contributed by atoms with Crippen molar-refractivity contribution in [3.8, 4) is 0 Å². The second-order valence-electron chi connectivity index (χ2n) is 6.09. The minimum Gasteiger partial charge on any atom is -0.399 e. The van der Waals surface area contributed by atoms with E-state index in [0.29, 0.717) is 29.6 Å². The zero-order valence-corrected chi connectivity index (χ0v) is 14.0. The molecule has 0 aliphatic carbocycles. The summed E-state index contributed by atoms with van der Waals surface area (Å²) in [6.45, 7) is 7.08. The number of nitrogen functional groups attached to an aromatic ring is 1. The third-order valence-electron chi connectivity index (χ3n) is 4.46. The van der Waals surface area contributed by atoms with Gasteiger partial charge >= 0.3 is 0 Å². The highest BCUT2D eigenvalue weighted by molar-refractivity contribution is 7.89. The summed E-state index contributed by atoms with van der Waals surface area (Å²) in [4.78, 5) is 0.437. The van der Waals surface area contributed by atoms with Gasteiger partial charge in [0.2, 0.25) is 10.0 Å². The van der Waals surface area contributed by atoms with E-state index in [9.17, 15) is 8.42 Å². The molecular weight excluding hydrogens is 284 g/mol. The van der Waals surface area contributed by atoms with Gasteiger partial charge in [-0.25, -0.2) is 8.42 Å². The Labute approximate surface area is 128 Å². The molecule has 2 rings (SSSR count). The number of anilines is 1. The summed E-state index contributed by atoms with van der Waals surface area (Å²) in [5, 5.41) is 0. The van der Waals surface area contributed by atoms with Gasteiger partial charge in [-0.15, -0.1) is 0 Å². The normalized spacial score (nSPS) is 21.2. The SMILES string of the molecule is CCC1CCCN(S(=O)(=O)c2c(C)cc(N)cc2C)CC1. The van der Waals surface area contributed by atoms with Gasteiger partial charge in [0.15, 0.2) is 0 Å². The van der Waals surface area contributed by atoms with Crippen LogP contribution in [0, 0.1) is 19.8 Å². The average molecular weight is 310 g/mol. The first-order chi connectivity index (χ1) is 9.86. The molecule has 1 aliphatic heterocycles. The molecule has 2 N–H and O–H groups in total. The van der Waals surface area contributed by atoms with E-state index < -0.39 is 10.0 Å². The Bertz CT molecular complexity index is 588. The van der Waals surface area contributed by atoms with E-state index in [1.165, 1.54) is 0 Å². The molecule has 1 aliphatic rings. The Kier molecular flexibility index (Phi) is 4.94. The summed E-state index contributed by atoms with van der Waals surface area (Å²) in [5.41, 5.74) is 7.90. The lowest BCUT2D eigenvalue weighted by Gasteiger charge is -2.23. The Morgan fingerprint density at radius 1 is 1.19 bits per heavy atom. The predicted octanol–water partition coefficient (Wildman–Crippen LogP) is 3.09. The third kappa shape index (κ3) is 3.40. The molecule has 5 heteroatoms. The zero-order valence-electron chi connectivity index (χ0n) is 13.2. The Hall–Kier alpha value is -1.07. The molecule has 0 spiro atoms. The fourth-order valence-corrected chi connectivity index (χ4v) is 5.21. The highest BCUT2D eigenvalue weighted by Gasteiger charge is 2.29. The molecule has 1 unspecified atom stereocenters. The van der Waals surface area contributed by atoms with Gasteiger partial charge in [0.1, 0.15) is 0 Å². The van der Waals surface area contributed by atoms with E-state index in [1.54, 1.807) is 16.4 Å². The van der Waals surface area contributed by atoms with E-state index >= 15 is 0 Å². The lowest BCUT2D eigenvalue weighted by atomic mass is 9.98. The number of benzene rings is 1. The number of sulfonamides is 1. The van der Waals surface area contributed by atoms with Crippen LogP contribution >= 0.6 is 0 Å². The van der Waals surface area contributed by atoms with Crippen molar-refractivity contribution in [2.75, 3.05) is 18.8 Å². The largest absolute Gasteiger partial charge is 0.399 e. The molecule has 1 saturated heterocycles. The van der Waals surface area contributed by atoms with Gasteiger partial charge in [-0.2, -0.15) is 4.31 Å². The first kappa shape index (κ1) is 16.3. The summed E-state index contributed by atoms with van der Waals surface area (Å²) >= 11 is 0. The van der Waals surface area contributed by atoms with Crippen molar-refractivity contribution in [1.82, 2.24) is 4.31 Å². The van der Waals surface area contributed by atoms with Crippen LogP contribution in [0.15, 0.2) is 17.0 Å². The Morgan fingerprint density at radius 2 is 1.81 bits per heavy atom. The van der Waals surface area contributed by atoms with E-state index in [-0.39, 0.29) is 0 Å². The highest BCUT2D eigenvalue weighted by atomic mass is 32.2. The lowest BCUT2D eigenvalue weighted by Crippen LogP contribution is -2.33. The standard InChI is InChI=1S/C16H26N2O2S/c1-4-14-6-5-8-18(9-7-14)21(19,20)16-12(2)10-15(17)11-13(16)3/h10-11,14H,4-9,17H2,1-3H3. The van der Waals surface area contributed by atoms with E-state index in [0.717, 1.165) is 36.8 Å². The second kappa shape index (κ2) is 6.36. The molecule has 0 aromatic heterocycles. The second-order valence-corrected chi connectivity index (χ2v) is 7.97. The first-order valence-electron chi connectivity index (χ1n) is 7.73. The maximum atomic E-state index is 13.0. The van der Waals surface area contributed by atoms with Crippen LogP contribution in [0.1, 0.15) is 43.7 Å². The molecule has 21 heavy (non-hydrogen) atoms. The van der Waals surface area contributed by atoms with Gasteiger partial charge in [-0.05, 0) is 62.3 Å². The van der Waals surface area contributed by atoms with Crippen LogP contribution in [-0.4, -0.2) is 25.8 Å². The summed E-state index contributed by atoms with van der Waals surface area (Å²) in [6.07, 6.45) is 4.17. The fourth-order valence-electron chi connectivity index (χ4n) is 3.31. The van der Waals surface area contributed by atoms with Crippen molar-refractivity contribution in [3.05, 3.63) is 23.3 Å². The van der Waals surface area contributed by atoms with Crippen LogP contribution in [0.25, 0.3) is 0 Å². The summed E-state index contributed by atoms with van der Waals surface area (Å²) < 4.78 is 27.6. The molecule has 0 radical (unpaired) electrons. The molecule has 0 amide bonds. The number of nitrogens with zero attached hydrogens (tertiary/aromatic N) is 1. The van der Waals surface area contributed by atoms with Crippen molar-refractivity contribution in [2.24, 2.45) is 5.92 Å². The molecule has 1 aromatic rings. The van der Waals surface area contributed by atoms with Crippen LogP contribution in [0.2, 0.25) is 0 Å². The topological polar surface area (TPSA) is 63.4 Å². The van der Waals surface area contributed by atoms with Crippen molar-refractivity contribution in [3.63, 3.8) is 0 Å². The highest BCUT2D eigenvalue weighted by Crippen LogP contribution is 2.29. The summed E-state index contributed by atoms with van der Waals surface area (Å²) in [6, 6.07) is 3.49. The van der Waals surface area contributed by atoms with Gasteiger partial charge in [0.05, 0.1) is 4.90 Å². The quantitative estimate of drug-likeness (QED) is 0.873. The van der Waals surface area contributed by atoms with Crippen molar-refractivity contribution in [2.45, 2.75) is 51.3 Å². The predicted molar refractivity (Wildman–Crippen MR) is 86.7 cm³/mol. The minimum absolute atomic E-state index is 0.437. The maximum Gasteiger partial charge on any atom is 0.243 e. The minimum atomic E-state index is -3.42. The molecule has 1 aromatic carbocycles. The average Bonchev–Trinajstić information content (AvgIpc) is 2.62. The molecule has 1 fully saturated rings. The third-order valence-corrected chi connectivity index (χ3v) is 6.67. The summed E-state index contributed by atoms with van der Waals surface area (Å²) in [5.74, 6) is 0.652. The molecule has 0 saturated carbocycles. The van der Waals surface area contributed by atoms with E-state index in [2.05, 4.69) is 6.92 Å². The van der Waals surface area contributed by atoms with Crippen molar-refractivity contribution < 1.29 is 8.42 Å². The Balaban J connectivity index is 2.34. The molecule has 4 nitrogen and oxygen atoms in total. The van der Waals surface area contributed by atoms with Crippen LogP contribution in [0.5, 0.6) is 0 Å². The van der Waals surface area contributed by atoms with E-state index in [4.69, 9.17) is 5.73 Å². The first-order valence-corrected chi connectivity index (χ1v) is 9.17. The van der Waals surface area contributed by atoms with Crippen LogP contribution in [0.3, 0.4) is 0 Å². The van der Waals surface area contributed by atoms with E-state index in [1.807, 2.05) is 13.8 Å². The maximum absolute atomic E-state index is 13.0. The van der Waals surface area contributed by atoms with Crippen LogP contribution < -0.4 is 5.73 Å². The number of rotatable bonds is 3.